The molecular formula is C18H13F3N2O4S. The summed E-state index contributed by atoms with van der Waals surface area (Å²) in [6.45, 7) is -0.709. The summed E-state index contributed by atoms with van der Waals surface area (Å²) in [7, 11) is 0. The highest BCUT2D eigenvalue weighted by Gasteiger charge is 2.33. The van der Waals surface area contributed by atoms with Crippen molar-refractivity contribution in [2.45, 2.75) is 11.4 Å². The van der Waals surface area contributed by atoms with E-state index in [0.29, 0.717) is 11.1 Å². The van der Waals surface area contributed by atoms with Crippen LogP contribution >= 0.6 is 11.8 Å². The fourth-order valence-corrected chi connectivity index (χ4v) is 2.88. The maximum Gasteiger partial charge on any atom is 0.418 e. The quantitative estimate of drug-likeness (QED) is 0.486. The summed E-state index contributed by atoms with van der Waals surface area (Å²) in [5, 5.41) is 2.36. The number of para-hydroxylation sites is 3. The third-order valence-corrected chi connectivity index (χ3v) is 4.26. The average Bonchev–Trinajstić information content (AvgIpc) is 3.07. The van der Waals surface area contributed by atoms with Gasteiger partial charge in [-0.25, -0.2) is 4.98 Å². The monoisotopic (exact) mass is 410 g/mol. The topological polar surface area (TPSA) is 81.4 Å². The highest BCUT2D eigenvalue weighted by atomic mass is 32.2. The van der Waals surface area contributed by atoms with Gasteiger partial charge in [-0.05, 0) is 24.3 Å². The molecule has 0 bridgehead atoms. The van der Waals surface area contributed by atoms with E-state index in [4.69, 9.17) is 9.15 Å². The molecule has 1 amide bonds. The minimum absolute atomic E-state index is 0.167. The molecule has 0 saturated heterocycles. The van der Waals surface area contributed by atoms with Crippen molar-refractivity contribution in [3.8, 4) is 0 Å². The van der Waals surface area contributed by atoms with Gasteiger partial charge in [0, 0.05) is 0 Å². The molecule has 1 N–H and O–H groups in total. The maximum atomic E-state index is 12.9. The Hall–Kier alpha value is -3.01. The lowest BCUT2D eigenvalue weighted by Crippen LogP contribution is -2.23. The second kappa shape index (κ2) is 8.34. The summed E-state index contributed by atoms with van der Waals surface area (Å²) in [6.07, 6.45) is -4.61. The standard InChI is InChI=1S/C18H13F3N2O4S/c19-18(20,21)11-5-1-2-6-12(11)22-15(24)9-26-16(25)10-28-17-23-13-7-3-4-8-14(13)27-17/h1-8H,9-10H2,(H,22,24). The zero-order valence-electron chi connectivity index (χ0n) is 14.2. The zero-order chi connectivity index (χ0) is 20.1. The Morgan fingerprint density at radius 2 is 1.82 bits per heavy atom. The van der Waals surface area contributed by atoms with E-state index < -0.39 is 35.9 Å². The van der Waals surface area contributed by atoms with Gasteiger partial charge in [0.05, 0.1) is 11.3 Å². The fourth-order valence-electron chi connectivity index (χ4n) is 2.25. The molecule has 1 heterocycles. The molecule has 10 heteroatoms. The predicted molar refractivity (Wildman–Crippen MR) is 95.8 cm³/mol. The number of halogens is 3. The third kappa shape index (κ3) is 5.03. The number of anilines is 1. The lowest BCUT2D eigenvalue weighted by molar-refractivity contribution is -0.144. The van der Waals surface area contributed by atoms with Gasteiger partial charge < -0.3 is 14.5 Å². The molecule has 0 radical (unpaired) electrons. The first-order chi connectivity index (χ1) is 13.3. The molecule has 2 aromatic carbocycles. The first-order valence-corrected chi connectivity index (χ1v) is 8.91. The largest absolute Gasteiger partial charge is 0.455 e. The Bertz CT molecular complexity index is 971. The van der Waals surface area contributed by atoms with Crippen LogP contribution in [0, 0.1) is 0 Å². The number of oxazole rings is 1. The van der Waals surface area contributed by atoms with Gasteiger partial charge in [0.15, 0.2) is 12.2 Å². The Morgan fingerprint density at radius 3 is 2.57 bits per heavy atom. The number of carbonyl (C=O) groups is 2. The molecule has 0 spiro atoms. The van der Waals surface area contributed by atoms with Gasteiger partial charge in [-0.2, -0.15) is 13.2 Å². The number of hydrogen-bond donors (Lipinski definition) is 1. The molecule has 146 valence electrons. The van der Waals surface area contributed by atoms with Crippen LogP contribution in [0.15, 0.2) is 58.2 Å². The van der Waals surface area contributed by atoms with Crippen molar-refractivity contribution in [3.63, 3.8) is 0 Å². The van der Waals surface area contributed by atoms with Gasteiger partial charge in [0.2, 0.25) is 0 Å². The average molecular weight is 410 g/mol. The predicted octanol–water partition coefficient (Wildman–Crippen LogP) is 4.12. The molecular weight excluding hydrogens is 397 g/mol. The Labute approximate surface area is 161 Å². The zero-order valence-corrected chi connectivity index (χ0v) is 15.0. The molecule has 3 rings (SSSR count). The van der Waals surface area contributed by atoms with Crippen LogP contribution < -0.4 is 5.32 Å². The number of fused-ring (bicyclic) bond motifs is 1. The van der Waals surface area contributed by atoms with Crippen LogP contribution in [0.4, 0.5) is 18.9 Å². The van der Waals surface area contributed by atoms with Crippen molar-refractivity contribution in [2.24, 2.45) is 0 Å². The number of rotatable bonds is 6. The van der Waals surface area contributed by atoms with E-state index in [1.54, 1.807) is 24.3 Å². The fraction of sp³-hybridized carbons (Fsp3) is 0.167. The van der Waals surface area contributed by atoms with Gasteiger partial charge in [-0.15, -0.1) is 0 Å². The van der Waals surface area contributed by atoms with E-state index in [0.717, 1.165) is 23.9 Å². The van der Waals surface area contributed by atoms with Crippen molar-refractivity contribution in [2.75, 3.05) is 17.7 Å². The number of alkyl halides is 3. The van der Waals surface area contributed by atoms with Crippen molar-refractivity contribution in [1.82, 2.24) is 4.98 Å². The number of nitrogens with zero attached hydrogens (tertiary/aromatic N) is 1. The summed E-state index contributed by atoms with van der Waals surface area (Å²) in [6, 6.07) is 11.6. The molecule has 0 aliphatic carbocycles. The molecule has 6 nitrogen and oxygen atoms in total. The highest BCUT2D eigenvalue weighted by molar-refractivity contribution is 7.99. The van der Waals surface area contributed by atoms with Crippen LogP contribution in [-0.2, 0) is 20.5 Å². The van der Waals surface area contributed by atoms with Crippen LogP contribution in [0.1, 0.15) is 5.56 Å². The Morgan fingerprint density at radius 1 is 1.11 bits per heavy atom. The number of carbonyl (C=O) groups excluding carboxylic acids is 2. The molecule has 28 heavy (non-hydrogen) atoms. The molecule has 0 saturated carbocycles. The van der Waals surface area contributed by atoms with Crippen LogP contribution in [0.5, 0.6) is 0 Å². The molecule has 0 fully saturated rings. The van der Waals surface area contributed by atoms with Crippen LogP contribution in [0.25, 0.3) is 11.1 Å². The van der Waals surface area contributed by atoms with Crippen LogP contribution in [0.2, 0.25) is 0 Å². The van der Waals surface area contributed by atoms with Crippen molar-refractivity contribution in [3.05, 3.63) is 54.1 Å². The summed E-state index contributed by atoms with van der Waals surface area (Å²) >= 11 is 0.983. The van der Waals surface area contributed by atoms with Crippen LogP contribution in [0.3, 0.4) is 0 Å². The van der Waals surface area contributed by atoms with Crippen molar-refractivity contribution < 1.29 is 31.9 Å². The Kier molecular flexibility index (Phi) is 5.88. The number of ether oxygens (including phenoxy) is 1. The number of benzene rings is 2. The molecule has 0 aliphatic heterocycles. The van der Waals surface area contributed by atoms with Gasteiger partial charge in [0.1, 0.15) is 11.3 Å². The number of esters is 1. The number of hydrogen-bond acceptors (Lipinski definition) is 6. The smallest absolute Gasteiger partial charge is 0.418 e. The summed E-state index contributed by atoms with van der Waals surface area (Å²) in [5.41, 5.74) is -0.180. The molecule has 0 aliphatic rings. The minimum Gasteiger partial charge on any atom is -0.455 e. The summed E-state index contributed by atoms with van der Waals surface area (Å²) in [5.74, 6) is -1.78. The third-order valence-electron chi connectivity index (χ3n) is 3.46. The van der Waals surface area contributed by atoms with Crippen molar-refractivity contribution >= 4 is 40.4 Å². The number of thioether (sulfide) groups is 1. The van der Waals surface area contributed by atoms with Crippen LogP contribution in [-0.4, -0.2) is 29.2 Å². The molecule has 3 aromatic rings. The second-order valence-corrected chi connectivity index (χ2v) is 6.41. The van der Waals surface area contributed by atoms with E-state index in [-0.39, 0.29) is 11.0 Å². The first-order valence-electron chi connectivity index (χ1n) is 7.93. The normalized spacial score (nSPS) is 11.4. The summed E-state index contributed by atoms with van der Waals surface area (Å²) < 4.78 is 48.9. The van der Waals surface area contributed by atoms with E-state index in [1.165, 1.54) is 12.1 Å². The SMILES string of the molecule is O=C(COC(=O)CSc1nc2ccccc2o1)Nc1ccccc1C(F)(F)F. The van der Waals surface area contributed by atoms with Gasteiger partial charge >= 0.3 is 12.1 Å². The highest BCUT2D eigenvalue weighted by Crippen LogP contribution is 2.34. The number of aromatic nitrogens is 1. The lowest BCUT2D eigenvalue weighted by atomic mass is 10.1. The van der Waals surface area contributed by atoms with Gasteiger partial charge in [0.25, 0.3) is 11.1 Å². The van der Waals surface area contributed by atoms with Crippen molar-refractivity contribution in [1.29, 1.82) is 0 Å². The Balaban J connectivity index is 1.49. The number of nitrogens with one attached hydrogen (secondary N) is 1. The summed E-state index contributed by atoms with van der Waals surface area (Å²) in [4.78, 5) is 27.7. The van der Waals surface area contributed by atoms with E-state index in [2.05, 4.69) is 10.3 Å². The second-order valence-electron chi connectivity index (χ2n) is 5.49. The molecule has 1 aromatic heterocycles. The maximum absolute atomic E-state index is 12.9. The van der Waals surface area contributed by atoms with E-state index in [1.807, 2.05) is 0 Å². The minimum atomic E-state index is -4.61. The van der Waals surface area contributed by atoms with E-state index in [9.17, 15) is 22.8 Å². The number of amides is 1. The molecule has 0 atom stereocenters. The first kappa shape index (κ1) is 19.7. The van der Waals surface area contributed by atoms with Gasteiger partial charge in [-0.3, -0.25) is 9.59 Å². The lowest BCUT2D eigenvalue weighted by Gasteiger charge is -2.13. The van der Waals surface area contributed by atoms with E-state index >= 15 is 0 Å². The van der Waals surface area contributed by atoms with Gasteiger partial charge in [-0.1, -0.05) is 36.0 Å². The molecule has 0 unspecified atom stereocenters.